The Bertz CT molecular complexity index is 287. The van der Waals surface area contributed by atoms with Gasteiger partial charge in [-0.05, 0) is 12.0 Å². The van der Waals surface area contributed by atoms with Crippen LogP contribution in [0.1, 0.15) is 18.9 Å². The van der Waals surface area contributed by atoms with Gasteiger partial charge in [-0.1, -0.05) is 48.9 Å². The molecule has 0 N–H and O–H groups in total. The molecular formula is C11H13ClO2. The third-order valence-electron chi connectivity index (χ3n) is 1.98. The molecule has 1 rings (SSSR count). The molecule has 0 aliphatic carbocycles. The first kappa shape index (κ1) is 11.2. The fourth-order valence-corrected chi connectivity index (χ4v) is 1.05. The largest absolute Gasteiger partial charge is 0.348 e. The first-order valence-corrected chi connectivity index (χ1v) is 4.91. The lowest BCUT2D eigenvalue weighted by molar-refractivity contribution is -0.123. The van der Waals surface area contributed by atoms with E-state index >= 15 is 0 Å². The predicted molar refractivity (Wildman–Crippen MR) is 56.2 cm³/mol. The van der Waals surface area contributed by atoms with E-state index in [9.17, 15) is 4.79 Å². The van der Waals surface area contributed by atoms with Crippen LogP contribution in [0.15, 0.2) is 30.3 Å². The Balaban J connectivity index is 2.52. The van der Waals surface area contributed by atoms with Crippen molar-refractivity contribution < 1.29 is 9.53 Å². The fourth-order valence-electron chi connectivity index (χ4n) is 0.997. The van der Waals surface area contributed by atoms with Gasteiger partial charge >= 0.3 is 0 Å². The molecule has 2 nitrogen and oxygen atoms in total. The average molecular weight is 213 g/mol. The summed E-state index contributed by atoms with van der Waals surface area (Å²) in [5, 5.41) is -1.17. The van der Waals surface area contributed by atoms with Crippen LogP contribution >= 0.6 is 11.6 Å². The van der Waals surface area contributed by atoms with Gasteiger partial charge in [0.1, 0.15) is 0 Å². The molecule has 0 bridgehead atoms. The highest BCUT2D eigenvalue weighted by atomic mass is 35.5. The van der Waals surface area contributed by atoms with Crippen LogP contribution in [0.25, 0.3) is 0 Å². The third-order valence-corrected chi connectivity index (χ3v) is 2.45. The Morgan fingerprint density at radius 2 is 2.07 bits per heavy atom. The lowest BCUT2D eigenvalue weighted by Gasteiger charge is -2.18. The quantitative estimate of drug-likeness (QED) is 0.554. The van der Waals surface area contributed by atoms with Crippen molar-refractivity contribution in [3.63, 3.8) is 0 Å². The Hall–Kier alpha value is -0.860. The van der Waals surface area contributed by atoms with E-state index in [0.29, 0.717) is 19.3 Å². The van der Waals surface area contributed by atoms with Crippen LogP contribution in [0.2, 0.25) is 0 Å². The Morgan fingerprint density at radius 1 is 1.43 bits per heavy atom. The van der Waals surface area contributed by atoms with Gasteiger partial charge in [-0.25, -0.2) is 0 Å². The number of aldehydes is 1. The number of hydrogen-bond acceptors (Lipinski definition) is 2. The van der Waals surface area contributed by atoms with Crippen LogP contribution in [0, 0.1) is 0 Å². The van der Waals surface area contributed by atoms with Crippen molar-refractivity contribution in [3.05, 3.63) is 35.9 Å². The van der Waals surface area contributed by atoms with Gasteiger partial charge in [-0.2, -0.15) is 0 Å². The summed E-state index contributed by atoms with van der Waals surface area (Å²) in [5.41, 5.74) is 1.01. The van der Waals surface area contributed by atoms with Gasteiger partial charge in [0.05, 0.1) is 6.61 Å². The molecule has 1 aromatic carbocycles. The maximum Gasteiger partial charge on any atom is 0.197 e. The molecule has 76 valence electrons. The van der Waals surface area contributed by atoms with Crippen molar-refractivity contribution in [3.8, 4) is 0 Å². The summed E-state index contributed by atoms with van der Waals surface area (Å²) in [4.78, 5) is 10.6. The number of rotatable bonds is 5. The molecular weight excluding hydrogens is 200 g/mol. The molecule has 1 aromatic rings. The molecule has 3 heteroatoms. The topological polar surface area (TPSA) is 26.3 Å². The maximum atomic E-state index is 10.6. The van der Waals surface area contributed by atoms with E-state index in [-0.39, 0.29) is 0 Å². The van der Waals surface area contributed by atoms with Crippen LogP contribution in [0.5, 0.6) is 0 Å². The van der Waals surface area contributed by atoms with E-state index < -0.39 is 5.06 Å². The zero-order valence-corrected chi connectivity index (χ0v) is 8.83. The molecule has 0 heterocycles. The van der Waals surface area contributed by atoms with E-state index in [4.69, 9.17) is 16.3 Å². The molecule has 0 saturated heterocycles. The lowest BCUT2D eigenvalue weighted by Crippen LogP contribution is -2.26. The van der Waals surface area contributed by atoms with Gasteiger partial charge in [0.15, 0.2) is 11.3 Å². The van der Waals surface area contributed by atoms with E-state index in [1.807, 2.05) is 37.3 Å². The minimum Gasteiger partial charge on any atom is -0.348 e. The zero-order valence-electron chi connectivity index (χ0n) is 8.07. The van der Waals surface area contributed by atoms with Gasteiger partial charge in [0.2, 0.25) is 0 Å². The van der Waals surface area contributed by atoms with E-state index in [2.05, 4.69) is 0 Å². The number of alkyl halides is 1. The zero-order chi connectivity index (χ0) is 10.4. The smallest absolute Gasteiger partial charge is 0.197 e. The summed E-state index contributed by atoms with van der Waals surface area (Å²) >= 11 is 5.87. The SMILES string of the molecule is CCC(Cl)(C=O)OCc1ccccc1. The number of carbonyl (C=O) groups is 1. The number of halogens is 1. The monoisotopic (exact) mass is 212 g/mol. The van der Waals surface area contributed by atoms with Crippen molar-refractivity contribution in [2.75, 3.05) is 0 Å². The standard InChI is InChI=1S/C11H13ClO2/c1-2-11(12,9-13)14-8-10-6-4-3-5-7-10/h3-7,9H,2,8H2,1H3. The molecule has 0 aliphatic rings. The number of benzene rings is 1. The minimum atomic E-state index is -1.17. The van der Waals surface area contributed by atoms with E-state index in [1.54, 1.807) is 0 Å². The molecule has 0 aliphatic heterocycles. The molecule has 0 fully saturated rings. The first-order chi connectivity index (χ1) is 6.70. The molecule has 0 radical (unpaired) electrons. The summed E-state index contributed by atoms with van der Waals surface area (Å²) in [7, 11) is 0. The van der Waals surface area contributed by atoms with Crippen LogP contribution in [0.4, 0.5) is 0 Å². The van der Waals surface area contributed by atoms with Gasteiger partial charge < -0.3 is 4.74 Å². The molecule has 0 aromatic heterocycles. The number of hydrogen-bond donors (Lipinski definition) is 0. The summed E-state index contributed by atoms with van der Waals surface area (Å²) in [5.74, 6) is 0. The Labute approximate surface area is 88.8 Å². The summed E-state index contributed by atoms with van der Waals surface area (Å²) in [6, 6.07) is 9.62. The summed E-state index contributed by atoms with van der Waals surface area (Å²) in [6.07, 6.45) is 1.10. The van der Waals surface area contributed by atoms with E-state index in [0.717, 1.165) is 5.56 Å². The first-order valence-electron chi connectivity index (χ1n) is 4.53. The summed E-state index contributed by atoms with van der Waals surface area (Å²) < 4.78 is 5.31. The van der Waals surface area contributed by atoms with Gasteiger partial charge in [0.25, 0.3) is 0 Å². The second-order valence-corrected chi connectivity index (χ2v) is 3.67. The van der Waals surface area contributed by atoms with Crippen molar-refractivity contribution in [2.45, 2.75) is 25.0 Å². The highest BCUT2D eigenvalue weighted by Gasteiger charge is 2.24. The highest BCUT2D eigenvalue weighted by molar-refractivity contribution is 6.30. The van der Waals surface area contributed by atoms with Crippen molar-refractivity contribution in [1.82, 2.24) is 0 Å². The molecule has 0 saturated carbocycles. The average Bonchev–Trinajstić information content (AvgIpc) is 2.27. The highest BCUT2D eigenvalue weighted by Crippen LogP contribution is 2.20. The Morgan fingerprint density at radius 3 is 2.57 bits per heavy atom. The second-order valence-electron chi connectivity index (χ2n) is 3.03. The molecule has 1 atom stereocenters. The van der Waals surface area contributed by atoms with E-state index in [1.165, 1.54) is 0 Å². The Kier molecular flexibility index (Phi) is 4.11. The lowest BCUT2D eigenvalue weighted by atomic mass is 10.2. The summed E-state index contributed by atoms with van der Waals surface area (Å²) in [6.45, 7) is 2.17. The van der Waals surface area contributed by atoms with Gasteiger partial charge in [-0.3, -0.25) is 4.79 Å². The predicted octanol–water partition coefficient (Wildman–Crippen LogP) is 2.75. The minimum absolute atomic E-state index is 0.358. The molecule has 1 unspecified atom stereocenters. The maximum absolute atomic E-state index is 10.6. The molecule has 0 spiro atoms. The molecule has 14 heavy (non-hydrogen) atoms. The number of carbonyl (C=O) groups excluding carboxylic acids is 1. The van der Waals surface area contributed by atoms with Crippen LogP contribution in [-0.4, -0.2) is 11.3 Å². The van der Waals surface area contributed by atoms with Crippen LogP contribution in [-0.2, 0) is 16.1 Å². The van der Waals surface area contributed by atoms with Gasteiger partial charge in [-0.15, -0.1) is 0 Å². The van der Waals surface area contributed by atoms with Crippen molar-refractivity contribution >= 4 is 17.9 Å². The van der Waals surface area contributed by atoms with Crippen molar-refractivity contribution in [1.29, 1.82) is 0 Å². The molecule has 0 amide bonds. The number of ether oxygens (including phenoxy) is 1. The third kappa shape index (κ3) is 3.13. The van der Waals surface area contributed by atoms with Crippen molar-refractivity contribution in [2.24, 2.45) is 0 Å². The van der Waals surface area contributed by atoms with Gasteiger partial charge in [0, 0.05) is 0 Å². The normalized spacial score (nSPS) is 14.7. The fraction of sp³-hybridized carbons (Fsp3) is 0.364. The second kappa shape index (κ2) is 5.13. The van der Waals surface area contributed by atoms with Crippen LogP contribution in [0.3, 0.4) is 0 Å². The van der Waals surface area contributed by atoms with Crippen LogP contribution < -0.4 is 0 Å².